The van der Waals surface area contributed by atoms with Gasteiger partial charge < -0.3 is 15.3 Å². The number of hydrogen-bond acceptors (Lipinski definition) is 6. The van der Waals surface area contributed by atoms with Crippen LogP contribution in [-0.2, 0) is 0 Å². The van der Waals surface area contributed by atoms with Crippen LogP contribution in [0.2, 0.25) is 0 Å². The molecule has 4 rings (SSSR count). The van der Waals surface area contributed by atoms with Crippen molar-refractivity contribution < 1.29 is 15.3 Å². The van der Waals surface area contributed by atoms with Crippen LogP contribution in [0.4, 0.5) is 17.1 Å². The molecule has 0 saturated carbocycles. The van der Waals surface area contributed by atoms with Crippen molar-refractivity contribution in [1.82, 2.24) is 0 Å². The highest BCUT2D eigenvalue weighted by Crippen LogP contribution is 2.40. The second-order valence-corrected chi connectivity index (χ2v) is 10.2. The number of aromatic hydroxyl groups is 3. The minimum absolute atomic E-state index is 0.0187. The summed E-state index contributed by atoms with van der Waals surface area (Å²) in [5.41, 5.74) is 1.89. The standard InChI is InChI=1S/C27H18Br3N3O3/c28-16-1-7-19(8-2-16)31-13-22-25(34)23(14-32-20-9-3-17(29)4-10-20)27(36)24(26(22)35)15-33-21-11-5-18(30)6-12-21/h1-15,34-36H. The molecule has 180 valence electrons. The average molecular weight is 672 g/mol. The molecule has 0 heterocycles. The fraction of sp³-hybridized carbons (Fsp3) is 0. The van der Waals surface area contributed by atoms with Crippen molar-refractivity contribution in [3.63, 3.8) is 0 Å². The van der Waals surface area contributed by atoms with Gasteiger partial charge in [0.25, 0.3) is 0 Å². The lowest BCUT2D eigenvalue weighted by Gasteiger charge is -2.12. The molecule has 0 aliphatic rings. The number of phenolic OH excluding ortho intramolecular Hbond substituents is 3. The van der Waals surface area contributed by atoms with E-state index in [1.165, 1.54) is 18.6 Å². The quantitative estimate of drug-likeness (QED) is 0.180. The highest BCUT2D eigenvalue weighted by Gasteiger charge is 2.21. The van der Waals surface area contributed by atoms with Gasteiger partial charge in [0.15, 0.2) is 0 Å². The largest absolute Gasteiger partial charge is 0.506 e. The predicted octanol–water partition coefficient (Wildman–Crippen LogP) is 8.34. The first-order chi connectivity index (χ1) is 17.3. The summed E-state index contributed by atoms with van der Waals surface area (Å²) >= 11 is 10.1. The summed E-state index contributed by atoms with van der Waals surface area (Å²) in [6, 6.07) is 21.6. The summed E-state index contributed by atoms with van der Waals surface area (Å²) in [5.74, 6) is -1.10. The van der Waals surface area contributed by atoms with Crippen molar-refractivity contribution in [3.8, 4) is 17.2 Å². The van der Waals surface area contributed by atoms with Crippen LogP contribution in [-0.4, -0.2) is 34.0 Å². The van der Waals surface area contributed by atoms with Crippen LogP contribution in [0.1, 0.15) is 16.7 Å². The van der Waals surface area contributed by atoms with E-state index in [0.717, 1.165) is 13.4 Å². The maximum atomic E-state index is 11.0. The van der Waals surface area contributed by atoms with Gasteiger partial charge in [0.2, 0.25) is 0 Å². The molecule has 0 spiro atoms. The third-order valence-electron chi connectivity index (χ3n) is 5.04. The Morgan fingerprint density at radius 3 is 0.861 bits per heavy atom. The summed E-state index contributed by atoms with van der Waals surface area (Å²) in [7, 11) is 0. The number of aliphatic imine (C=N–C) groups is 3. The Morgan fingerprint density at radius 1 is 0.417 bits per heavy atom. The van der Waals surface area contributed by atoms with Crippen LogP contribution >= 0.6 is 47.8 Å². The second-order valence-electron chi connectivity index (χ2n) is 7.49. The van der Waals surface area contributed by atoms with E-state index in [0.29, 0.717) is 17.1 Å². The van der Waals surface area contributed by atoms with Crippen molar-refractivity contribution in [1.29, 1.82) is 0 Å². The Labute approximate surface area is 232 Å². The monoisotopic (exact) mass is 669 g/mol. The van der Waals surface area contributed by atoms with Crippen LogP contribution in [0.15, 0.2) is 101 Å². The van der Waals surface area contributed by atoms with E-state index in [2.05, 4.69) is 62.8 Å². The first kappa shape index (κ1) is 25.8. The maximum Gasteiger partial charge on any atom is 0.140 e. The highest BCUT2D eigenvalue weighted by molar-refractivity contribution is 9.11. The van der Waals surface area contributed by atoms with E-state index in [1.807, 2.05) is 36.4 Å². The second kappa shape index (κ2) is 11.6. The molecule has 4 aromatic carbocycles. The van der Waals surface area contributed by atoms with Crippen molar-refractivity contribution >= 4 is 83.5 Å². The van der Waals surface area contributed by atoms with E-state index >= 15 is 0 Å². The van der Waals surface area contributed by atoms with Gasteiger partial charge in [-0.05, 0) is 72.8 Å². The molecule has 0 amide bonds. The third kappa shape index (κ3) is 6.29. The topological polar surface area (TPSA) is 97.8 Å². The Bertz CT molecular complexity index is 1270. The van der Waals surface area contributed by atoms with Gasteiger partial charge in [-0.1, -0.05) is 47.8 Å². The molecule has 0 fully saturated rings. The van der Waals surface area contributed by atoms with E-state index in [1.54, 1.807) is 36.4 Å². The Morgan fingerprint density at radius 2 is 0.639 bits per heavy atom. The number of phenols is 3. The maximum absolute atomic E-state index is 11.0. The molecule has 0 radical (unpaired) electrons. The van der Waals surface area contributed by atoms with Crippen molar-refractivity contribution in [2.75, 3.05) is 0 Å². The predicted molar refractivity (Wildman–Crippen MR) is 156 cm³/mol. The van der Waals surface area contributed by atoms with Crippen molar-refractivity contribution in [3.05, 3.63) is 103 Å². The van der Waals surface area contributed by atoms with Gasteiger partial charge in [-0.3, -0.25) is 15.0 Å². The lowest BCUT2D eigenvalue weighted by molar-refractivity contribution is 0.425. The number of nitrogens with zero attached hydrogens (tertiary/aromatic N) is 3. The lowest BCUT2D eigenvalue weighted by Crippen LogP contribution is -1.97. The number of benzene rings is 4. The van der Waals surface area contributed by atoms with Gasteiger partial charge in [0, 0.05) is 32.1 Å². The fourth-order valence-corrected chi connectivity index (χ4v) is 3.93. The van der Waals surface area contributed by atoms with Crippen LogP contribution < -0.4 is 0 Å². The molecular weight excluding hydrogens is 654 g/mol. The molecule has 36 heavy (non-hydrogen) atoms. The van der Waals surface area contributed by atoms with Gasteiger partial charge in [0.1, 0.15) is 17.2 Å². The van der Waals surface area contributed by atoms with Crippen LogP contribution in [0, 0.1) is 0 Å². The Kier molecular flexibility index (Phi) is 8.35. The van der Waals surface area contributed by atoms with Crippen LogP contribution in [0.25, 0.3) is 0 Å². The van der Waals surface area contributed by atoms with Crippen LogP contribution in [0.3, 0.4) is 0 Å². The fourth-order valence-electron chi connectivity index (χ4n) is 3.14. The van der Waals surface area contributed by atoms with E-state index in [9.17, 15) is 15.3 Å². The molecule has 0 bridgehead atoms. The summed E-state index contributed by atoms with van der Waals surface area (Å²) in [5, 5.41) is 32.9. The molecule has 0 aliphatic heterocycles. The molecule has 3 N–H and O–H groups in total. The van der Waals surface area contributed by atoms with Gasteiger partial charge in [-0.15, -0.1) is 0 Å². The lowest BCUT2D eigenvalue weighted by atomic mass is 10.0. The van der Waals surface area contributed by atoms with Crippen LogP contribution in [0.5, 0.6) is 17.2 Å². The highest BCUT2D eigenvalue weighted by atomic mass is 79.9. The zero-order valence-corrected chi connectivity index (χ0v) is 23.2. The normalized spacial score (nSPS) is 11.8. The summed E-state index contributed by atoms with van der Waals surface area (Å²) in [4.78, 5) is 13.1. The molecule has 6 nitrogen and oxygen atoms in total. The minimum Gasteiger partial charge on any atom is -0.506 e. The third-order valence-corrected chi connectivity index (χ3v) is 6.62. The number of hydrogen-bond donors (Lipinski definition) is 3. The molecule has 4 aromatic rings. The van der Waals surface area contributed by atoms with Crippen molar-refractivity contribution in [2.45, 2.75) is 0 Å². The molecule has 0 unspecified atom stereocenters. The smallest absolute Gasteiger partial charge is 0.140 e. The van der Waals surface area contributed by atoms with E-state index in [-0.39, 0.29) is 33.9 Å². The Balaban J connectivity index is 1.81. The SMILES string of the molecule is Oc1c(C=Nc2ccc(Br)cc2)c(O)c(C=Nc2ccc(Br)cc2)c(O)c1C=Nc1ccc(Br)cc1. The number of rotatable bonds is 6. The molecular formula is C27H18Br3N3O3. The van der Waals surface area contributed by atoms with Gasteiger partial charge in [-0.25, -0.2) is 0 Å². The molecule has 0 aliphatic carbocycles. The zero-order valence-electron chi connectivity index (χ0n) is 18.5. The van der Waals surface area contributed by atoms with E-state index in [4.69, 9.17) is 0 Å². The molecule has 0 saturated heterocycles. The molecule has 0 aromatic heterocycles. The zero-order chi connectivity index (χ0) is 25.7. The average Bonchev–Trinajstić information content (AvgIpc) is 2.87. The molecule has 9 heteroatoms. The van der Waals surface area contributed by atoms with Gasteiger partial charge in [-0.2, -0.15) is 0 Å². The molecule has 0 atom stereocenters. The summed E-state index contributed by atoms with van der Waals surface area (Å²) < 4.78 is 2.69. The van der Waals surface area contributed by atoms with E-state index < -0.39 is 0 Å². The summed E-state index contributed by atoms with van der Waals surface area (Å²) in [6.45, 7) is 0. The summed E-state index contributed by atoms with van der Waals surface area (Å²) in [6.07, 6.45) is 4.00. The van der Waals surface area contributed by atoms with Gasteiger partial charge >= 0.3 is 0 Å². The Hall–Kier alpha value is -3.27. The van der Waals surface area contributed by atoms with Crippen molar-refractivity contribution in [2.24, 2.45) is 15.0 Å². The number of halogens is 3. The first-order valence-corrected chi connectivity index (χ1v) is 12.9. The van der Waals surface area contributed by atoms with Gasteiger partial charge in [0.05, 0.1) is 33.8 Å². The first-order valence-electron chi connectivity index (χ1n) is 10.5. The minimum atomic E-state index is -0.368.